The summed E-state index contributed by atoms with van der Waals surface area (Å²) in [4.78, 5) is 1.11. The first-order valence-corrected chi connectivity index (χ1v) is 4.45. The van der Waals surface area contributed by atoms with E-state index in [4.69, 9.17) is 0 Å². The van der Waals surface area contributed by atoms with Gasteiger partial charge in [-0.25, -0.2) is 0 Å². The van der Waals surface area contributed by atoms with Crippen LogP contribution in [0.5, 0.6) is 0 Å². The van der Waals surface area contributed by atoms with Crippen LogP contribution in [0.1, 0.15) is 17.7 Å². The molecular weight excluding hydrogens is 161 g/mol. The predicted octanol–water partition coefficient (Wildman–Crippen LogP) is 2.21. The molecule has 0 fully saturated rings. The van der Waals surface area contributed by atoms with Crippen molar-refractivity contribution in [3.63, 3.8) is 0 Å². The Kier molecular flexibility index (Phi) is 3.02. The van der Waals surface area contributed by atoms with Crippen LogP contribution in [0, 0.1) is 5.13 Å². The van der Waals surface area contributed by atoms with Gasteiger partial charge in [0.15, 0.2) is 5.13 Å². The van der Waals surface area contributed by atoms with Crippen LogP contribution in [0.15, 0.2) is 12.1 Å². The van der Waals surface area contributed by atoms with E-state index >= 15 is 0 Å². The number of likely N-dealkylation sites (N-methyl/N-ethyl adjacent to an activating group) is 1. The van der Waals surface area contributed by atoms with Gasteiger partial charge in [-0.2, -0.15) is 4.39 Å². The Morgan fingerprint density at radius 3 is 2.82 bits per heavy atom. The van der Waals surface area contributed by atoms with E-state index in [2.05, 4.69) is 12.2 Å². The molecular formula is C8H12FNS. The van der Waals surface area contributed by atoms with Crippen molar-refractivity contribution in [1.29, 1.82) is 0 Å². The molecule has 1 nitrogen and oxygen atoms in total. The maximum absolute atomic E-state index is 12.5. The topological polar surface area (TPSA) is 12.0 Å². The highest BCUT2D eigenvalue weighted by Crippen LogP contribution is 2.22. The Balaban J connectivity index is 2.60. The van der Waals surface area contributed by atoms with E-state index in [1.807, 2.05) is 13.1 Å². The van der Waals surface area contributed by atoms with Gasteiger partial charge in [-0.1, -0.05) is 6.92 Å². The average molecular weight is 173 g/mol. The van der Waals surface area contributed by atoms with Crippen molar-refractivity contribution in [3.8, 4) is 0 Å². The summed E-state index contributed by atoms with van der Waals surface area (Å²) < 4.78 is 12.5. The molecule has 0 saturated heterocycles. The molecule has 0 saturated carbocycles. The first kappa shape index (κ1) is 8.68. The summed E-state index contributed by atoms with van der Waals surface area (Å²) in [6, 6.07) is 3.37. The second-order valence-corrected chi connectivity index (χ2v) is 3.67. The zero-order valence-electron chi connectivity index (χ0n) is 6.73. The molecule has 0 bridgehead atoms. The van der Waals surface area contributed by atoms with Crippen LogP contribution >= 0.6 is 11.3 Å². The van der Waals surface area contributed by atoms with Gasteiger partial charge in [0, 0.05) is 17.3 Å². The lowest BCUT2D eigenvalue weighted by molar-refractivity contribution is 0.657. The Bertz CT molecular complexity index is 222. The van der Waals surface area contributed by atoms with Gasteiger partial charge < -0.3 is 5.32 Å². The van der Waals surface area contributed by atoms with Crippen LogP contribution in [0.3, 0.4) is 0 Å². The van der Waals surface area contributed by atoms with E-state index in [0.717, 1.165) is 11.4 Å². The van der Waals surface area contributed by atoms with E-state index < -0.39 is 0 Å². The number of hydrogen-bond donors (Lipinski definition) is 1. The van der Waals surface area contributed by atoms with Gasteiger partial charge in [-0.05, 0) is 19.2 Å². The van der Waals surface area contributed by atoms with Crippen molar-refractivity contribution in [2.45, 2.75) is 12.8 Å². The summed E-state index contributed by atoms with van der Waals surface area (Å²) in [5.74, 6) is 0.412. The molecule has 0 radical (unpaired) electrons. The fourth-order valence-corrected chi connectivity index (χ4v) is 1.78. The Morgan fingerprint density at radius 2 is 2.36 bits per heavy atom. The molecule has 0 aliphatic rings. The molecule has 1 aromatic rings. The second kappa shape index (κ2) is 3.83. The predicted molar refractivity (Wildman–Crippen MR) is 46.6 cm³/mol. The highest BCUT2D eigenvalue weighted by molar-refractivity contribution is 7.10. The molecule has 1 rings (SSSR count). The first-order chi connectivity index (χ1) is 5.24. The Hall–Kier alpha value is -0.410. The number of nitrogens with one attached hydrogen (secondary N) is 1. The minimum Gasteiger partial charge on any atom is -0.319 e. The molecule has 0 aliphatic carbocycles. The van der Waals surface area contributed by atoms with Crippen molar-refractivity contribution in [3.05, 3.63) is 22.1 Å². The quantitative estimate of drug-likeness (QED) is 0.739. The van der Waals surface area contributed by atoms with Gasteiger partial charge in [-0.3, -0.25) is 0 Å². The zero-order chi connectivity index (χ0) is 8.27. The summed E-state index contributed by atoms with van der Waals surface area (Å²) >= 11 is 1.23. The van der Waals surface area contributed by atoms with E-state index in [-0.39, 0.29) is 5.13 Å². The van der Waals surface area contributed by atoms with Crippen molar-refractivity contribution < 1.29 is 4.39 Å². The van der Waals surface area contributed by atoms with Gasteiger partial charge in [0.1, 0.15) is 0 Å². The maximum atomic E-state index is 12.5. The average Bonchev–Trinajstić information content (AvgIpc) is 2.36. The van der Waals surface area contributed by atoms with Crippen LogP contribution in [0.25, 0.3) is 0 Å². The SMILES string of the molecule is CNCC(C)c1ccc(F)s1. The molecule has 0 amide bonds. The minimum absolute atomic E-state index is 0.0945. The lowest BCUT2D eigenvalue weighted by Gasteiger charge is -2.06. The fourth-order valence-electron chi connectivity index (χ4n) is 1.000. The Morgan fingerprint density at radius 1 is 1.64 bits per heavy atom. The Labute approximate surface area is 70.2 Å². The van der Waals surface area contributed by atoms with E-state index in [0.29, 0.717) is 5.92 Å². The van der Waals surface area contributed by atoms with Gasteiger partial charge in [0.2, 0.25) is 0 Å². The first-order valence-electron chi connectivity index (χ1n) is 3.64. The molecule has 62 valence electrons. The maximum Gasteiger partial charge on any atom is 0.176 e. The highest BCUT2D eigenvalue weighted by atomic mass is 32.1. The molecule has 1 aromatic heterocycles. The molecule has 1 N–H and O–H groups in total. The lowest BCUT2D eigenvalue weighted by Crippen LogP contribution is -2.13. The van der Waals surface area contributed by atoms with Gasteiger partial charge >= 0.3 is 0 Å². The fraction of sp³-hybridized carbons (Fsp3) is 0.500. The molecule has 0 aliphatic heterocycles. The molecule has 1 unspecified atom stereocenters. The third-order valence-corrected chi connectivity index (χ3v) is 2.70. The molecule has 1 atom stereocenters. The summed E-state index contributed by atoms with van der Waals surface area (Å²) in [6.07, 6.45) is 0. The van der Waals surface area contributed by atoms with Crippen molar-refractivity contribution in [2.24, 2.45) is 0 Å². The lowest BCUT2D eigenvalue weighted by atomic mass is 10.1. The summed E-state index contributed by atoms with van der Waals surface area (Å²) in [7, 11) is 1.90. The molecule has 0 spiro atoms. The van der Waals surface area contributed by atoms with Gasteiger partial charge in [-0.15, -0.1) is 11.3 Å². The molecule has 11 heavy (non-hydrogen) atoms. The van der Waals surface area contributed by atoms with E-state index in [9.17, 15) is 4.39 Å². The van der Waals surface area contributed by atoms with Gasteiger partial charge in [0.05, 0.1) is 0 Å². The molecule has 0 aromatic carbocycles. The zero-order valence-corrected chi connectivity index (χ0v) is 7.54. The summed E-state index contributed by atoms with van der Waals surface area (Å²) in [6.45, 7) is 2.99. The summed E-state index contributed by atoms with van der Waals surface area (Å²) in [5, 5.41) is 2.96. The second-order valence-electron chi connectivity index (χ2n) is 2.60. The molecule has 3 heteroatoms. The normalized spacial score (nSPS) is 13.4. The molecule has 1 heterocycles. The largest absolute Gasteiger partial charge is 0.319 e. The van der Waals surface area contributed by atoms with Crippen LogP contribution in [0.2, 0.25) is 0 Å². The number of rotatable bonds is 3. The number of hydrogen-bond acceptors (Lipinski definition) is 2. The number of halogens is 1. The summed E-state index contributed by atoms with van der Waals surface area (Å²) in [5.41, 5.74) is 0. The van der Waals surface area contributed by atoms with E-state index in [1.165, 1.54) is 17.4 Å². The van der Waals surface area contributed by atoms with Crippen LogP contribution in [-0.2, 0) is 0 Å². The number of thiophene rings is 1. The smallest absolute Gasteiger partial charge is 0.176 e. The van der Waals surface area contributed by atoms with E-state index in [1.54, 1.807) is 0 Å². The third-order valence-electron chi connectivity index (χ3n) is 1.59. The van der Waals surface area contributed by atoms with Crippen LogP contribution in [0.4, 0.5) is 4.39 Å². The van der Waals surface area contributed by atoms with Crippen molar-refractivity contribution >= 4 is 11.3 Å². The third kappa shape index (κ3) is 2.27. The van der Waals surface area contributed by atoms with Gasteiger partial charge in [0.25, 0.3) is 0 Å². The van der Waals surface area contributed by atoms with Crippen LogP contribution < -0.4 is 5.32 Å². The van der Waals surface area contributed by atoms with Crippen LogP contribution in [-0.4, -0.2) is 13.6 Å². The minimum atomic E-state index is -0.0945. The monoisotopic (exact) mass is 173 g/mol. The van der Waals surface area contributed by atoms with Crippen molar-refractivity contribution in [1.82, 2.24) is 5.32 Å². The van der Waals surface area contributed by atoms with Crippen molar-refractivity contribution in [2.75, 3.05) is 13.6 Å². The highest BCUT2D eigenvalue weighted by Gasteiger charge is 2.06. The standard InChI is InChI=1S/C8H12FNS/c1-6(5-10-2)7-3-4-8(9)11-7/h3-4,6,10H,5H2,1-2H3.